The average Bonchev–Trinajstić information content (AvgIpc) is 2.42. The Labute approximate surface area is 121 Å². The molecule has 1 heterocycles. The summed E-state index contributed by atoms with van der Waals surface area (Å²) in [7, 11) is 1.86. The molecule has 0 fully saturated rings. The highest BCUT2D eigenvalue weighted by atomic mass is 79.9. The predicted molar refractivity (Wildman–Crippen MR) is 78.9 cm³/mol. The summed E-state index contributed by atoms with van der Waals surface area (Å²) in [6.07, 6.45) is 0. The second kappa shape index (κ2) is 4.82. The van der Waals surface area contributed by atoms with E-state index < -0.39 is 0 Å². The zero-order valence-electron chi connectivity index (χ0n) is 10.6. The molecule has 0 unspecified atom stereocenters. The molecule has 0 bridgehead atoms. The molecule has 1 aliphatic rings. The molecule has 96 valence electrons. The van der Waals surface area contributed by atoms with Crippen molar-refractivity contribution in [3.05, 3.63) is 69.7 Å². The lowest BCUT2D eigenvalue weighted by Crippen LogP contribution is -2.37. The quantitative estimate of drug-likeness (QED) is 0.788. The molecule has 3 heteroatoms. The van der Waals surface area contributed by atoms with Crippen LogP contribution < -0.4 is 0 Å². The molecule has 0 N–H and O–H groups in total. The number of carbonyl (C=O) groups is 1. The topological polar surface area (TPSA) is 20.3 Å². The molecule has 1 aliphatic heterocycles. The normalized spacial score (nSPS) is 18.3. The number of likely N-dealkylation sites (N-methyl/N-ethyl adjacent to an activating group) is 1. The first-order valence-electron chi connectivity index (χ1n) is 6.25. The summed E-state index contributed by atoms with van der Waals surface area (Å²) in [5, 5.41) is 0. The summed E-state index contributed by atoms with van der Waals surface area (Å²) in [5.41, 5.74) is 3.38. The van der Waals surface area contributed by atoms with Gasteiger partial charge in [0.25, 0.3) is 0 Å². The van der Waals surface area contributed by atoms with Gasteiger partial charge < -0.3 is 4.90 Å². The van der Waals surface area contributed by atoms with Gasteiger partial charge in [-0.3, -0.25) is 4.79 Å². The molecule has 2 aromatic rings. The summed E-state index contributed by atoms with van der Waals surface area (Å²) < 4.78 is 1.07. The Bertz CT molecular complexity index is 624. The minimum Gasteiger partial charge on any atom is -0.341 e. The molecule has 1 atom stereocenters. The molecular formula is C16H14BrNO. The fourth-order valence-corrected chi connectivity index (χ4v) is 3.16. The highest BCUT2D eigenvalue weighted by molar-refractivity contribution is 9.10. The number of rotatable bonds is 1. The Hall–Kier alpha value is -1.61. The van der Waals surface area contributed by atoms with E-state index in [4.69, 9.17) is 0 Å². The van der Waals surface area contributed by atoms with E-state index >= 15 is 0 Å². The van der Waals surface area contributed by atoms with Crippen molar-refractivity contribution >= 4 is 21.8 Å². The molecule has 0 radical (unpaired) electrons. The Morgan fingerprint density at radius 3 is 2.58 bits per heavy atom. The number of fused-ring (bicyclic) bond motifs is 1. The van der Waals surface area contributed by atoms with Gasteiger partial charge in [-0.15, -0.1) is 0 Å². The van der Waals surface area contributed by atoms with Gasteiger partial charge in [-0.2, -0.15) is 0 Å². The molecule has 0 saturated carbocycles. The Kier molecular flexibility index (Phi) is 3.15. The van der Waals surface area contributed by atoms with Gasteiger partial charge in [0.1, 0.15) is 0 Å². The minimum absolute atomic E-state index is 0.164. The second-order valence-electron chi connectivity index (χ2n) is 4.85. The van der Waals surface area contributed by atoms with Crippen LogP contribution in [0.2, 0.25) is 0 Å². The summed E-state index contributed by atoms with van der Waals surface area (Å²) in [6, 6.07) is 16.1. The van der Waals surface area contributed by atoms with E-state index in [0.717, 1.165) is 15.6 Å². The van der Waals surface area contributed by atoms with E-state index in [1.165, 1.54) is 5.56 Å². The van der Waals surface area contributed by atoms with Crippen molar-refractivity contribution in [3.8, 4) is 0 Å². The van der Waals surface area contributed by atoms with E-state index in [2.05, 4.69) is 22.0 Å². The van der Waals surface area contributed by atoms with Crippen LogP contribution in [0.4, 0.5) is 0 Å². The molecule has 3 rings (SSSR count). The Morgan fingerprint density at radius 2 is 1.84 bits per heavy atom. The summed E-state index contributed by atoms with van der Waals surface area (Å²) >= 11 is 3.59. The monoisotopic (exact) mass is 315 g/mol. The lowest BCUT2D eigenvalue weighted by atomic mass is 9.84. The van der Waals surface area contributed by atoms with Crippen molar-refractivity contribution in [2.45, 2.75) is 12.5 Å². The van der Waals surface area contributed by atoms with Gasteiger partial charge in [0.2, 0.25) is 5.91 Å². The van der Waals surface area contributed by atoms with Gasteiger partial charge in [-0.1, -0.05) is 58.4 Å². The van der Waals surface area contributed by atoms with Crippen molar-refractivity contribution in [2.75, 3.05) is 7.05 Å². The van der Waals surface area contributed by atoms with Gasteiger partial charge in [-0.25, -0.2) is 0 Å². The molecule has 0 saturated heterocycles. The Morgan fingerprint density at radius 1 is 1.11 bits per heavy atom. The maximum absolute atomic E-state index is 12.5. The van der Waals surface area contributed by atoms with Crippen LogP contribution in [-0.4, -0.2) is 17.9 Å². The van der Waals surface area contributed by atoms with Crippen LogP contribution in [0.3, 0.4) is 0 Å². The zero-order chi connectivity index (χ0) is 13.4. The minimum atomic E-state index is -0.188. The molecule has 0 aliphatic carbocycles. The van der Waals surface area contributed by atoms with Crippen LogP contribution >= 0.6 is 15.9 Å². The number of benzene rings is 2. The van der Waals surface area contributed by atoms with E-state index in [1.54, 1.807) is 4.90 Å². The summed E-state index contributed by atoms with van der Waals surface area (Å²) in [6.45, 7) is 0.666. The third kappa shape index (κ3) is 2.08. The third-order valence-corrected chi connectivity index (χ3v) is 4.36. The number of carbonyl (C=O) groups excluding carboxylic acids is 1. The zero-order valence-corrected chi connectivity index (χ0v) is 12.2. The highest BCUT2D eigenvalue weighted by Crippen LogP contribution is 2.36. The van der Waals surface area contributed by atoms with E-state index in [-0.39, 0.29) is 11.8 Å². The summed E-state index contributed by atoms with van der Waals surface area (Å²) in [4.78, 5) is 14.3. The van der Waals surface area contributed by atoms with E-state index in [9.17, 15) is 4.79 Å². The maximum atomic E-state index is 12.5. The van der Waals surface area contributed by atoms with Gasteiger partial charge in [0, 0.05) is 18.1 Å². The number of amides is 1. The first-order valence-corrected chi connectivity index (χ1v) is 7.05. The Balaban J connectivity index is 2.19. The molecular weight excluding hydrogens is 302 g/mol. The van der Waals surface area contributed by atoms with Crippen LogP contribution in [0.15, 0.2) is 53.0 Å². The van der Waals surface area contributed by atoms with Crippen LogP contribution in [0.25, 0.3) is 0 Å². The number of nitrogens with zero attached hydrogens (tertiary/aromatic N) is 1. The van der Waals surface area contributed by atoms with Crippen molar-refractivity contribution in [3.63, 3.8) is 0 Å². The highest BCUT2D eigenvalue weighted by Gasteiger charge is 2.33. The molecule has 2 nitrogen and oxygen atoms in total. The smallest absolute Gasteiger partial charge is 0.234 e. The van der Waals surface area contributed by atoms with E-state index in [0.29, 0.717) is 6.54 Å². The van der Waals surface area contributed by atoms with Crippen LogP contribution in [0.5, 0.6) is 0 Å². The lowest BCUT2D eigenvalue weighted by Gasteiger charge is -2.32. The summed E-state index contributed by atoms with van der Waals surface area (Å²) in [5.74, 6) is -0.0238. The van der Waals surface area contributed by atoms with E-state index in [1.807, 2.05) is 49.5 Å². The van der Waals surface area contributed by atoms with Crippen LogP contribution in [0, 0.1) is 0 Å². The lowest BCUT2D eigenvalue weighted by molar-refractivity contribution is -0.131. The predicted octanol–water partition coefficient (Wildman–Crippen LogP) is 3.55. The van der Waals surface area contributed by atoms with Crippen molar-refractivity contribution in [1.29, 1.82) is 0 Å². The van der Waals surface area contributed by atoms with Gasteiger partial charge in [0.15, 0.2) is 0 Å². The molecule has 1 amide bonds. The number of hydrogen-bond donors (Lipinski definition) is 0. The van der Waals surface area contributed by atoms with Crippen molar-refractivity contribution < 1.29 is 4.79 Å². The van der Waals surface area contributed by atoms with Crippen LogP contribution in [-0.2, 0) is 11.3 Å². The fraction of sp³-hybridized carbons (Fsp3) is 0.188. The molecule has 0 spiro atoms. The average molecular weight is 316 g/mol. The van der Waals surface area contributed by atoms with Gasteiger partial charge in [-0.05, 0) is 22.8 Å². The van der Waals surface area contributed by atoms with Crippen molar-refractivity contribution in [2.24, 2.45) is 0 Å². The molecule has 0 aromatic heterocycles. The largest absolute Gasteiger partial charge is 0.341 e. The van der Waals surface area contributed by atoms with Gasteiger partial charge in [0.05, 0.1) is 5.92 Å². The van der Waals surface area contributed by atoms with Crippen molar-refractivity contribution in [1.82, 2.24) is 4.90 Å². The molecule has 2 aromatic carbocycles. The molecule has 19 heavy (non-hydrogen) atoms. The number of halogens is 1. The first-order chi connectivity index (χ1) is 9.18. The van der Waals surface area contributed by atoms with Gasteiger partial charge >= 0.3 is 0 Å². The fourth-order valence-electron chi connectivity index (χ4n) is 2.65. The first kappa shape index (κ1) is 12.4. The standard InChI is InChI=1S/C16H14BrNO/c1-18-10-13-12(8-5-9-14(13)17)15(16(18)19)11-6-3-2-4-7-11/h2-9,15H,10H2,1H3/t15-/m0/s1. The third-order valence-electron chi connectivity index (χ3n) is 3.62. The number of hydrogen-bond acceptors (Lipinski definition) is 1. The van der Waals surface area contributed by atoms with Crippen LogP contribution in [0.1, 0.15) is 22.6 Å². The maximum Gasteiger partial charge on any atom is 0.234 e. The SMILES string of the molecule is CN1Cc2c(Br)cccc2[C@H](c2ccccc2)C1=O. The second-order valence-corrected chi connectivity index (χ2v) is 5.70.